The third kappa shape index (κ3) is 5.11. The molecular formula is C18H17ClN2O6. The maximum absolute atomic E-state index is 12.2. The van der Waals surface area contributed by atoms with Crippen LogP contribution in [0.5, 0.6) is 11.5 Å². The van der Waals surface area contributed by atoms with Crippen molar-refractivity contribution in [2.75, 3.05) is 20.8 Å². The van der Waals surface area contributed by atoms with Crippen molar-refractivity contribution >= 4 is 29.4 Å². The maximum atomic E-state index is 12.2. The molecule has 2 N–H and O–H groups in total. The van der Waals surface area contributed by atoms with Gasteiger partial charge in [-0.1, -0.05) is 29.8 Å². The fourth-order valence-corrected chi connectivity index (χ4v) is 2.35. The summed E-state index contributed by atoms with van der Waals surface area (Å²) in [5.41, 5.74) is 4.56. The van der Waals surface area contributed by atoms with E-state index >= 15 is 0 Å². The summed E-state index contributed by atoms with van der Waals surface area (Å²) in [5, 5.41) is 0.235. The van der Waals surface area contributed by atoms with Crippen LogP contribution in [-0.2, 0) is 9.53 Å². The van der Waals surface area contributed by atoms with Crippen LogP contribution in [0.3, 0.4) is 0 Å². The molecule has 27 heavy (non-hydrogen) atoms. The van der Waals surface area contributed by atoms with Crippen molar-refractivity contribution in [3.63, 3.8) is 0 Å². The number of amides is 2. The molecule has 2 rings (SSSR count). The lowest BCUT2D eigenvalue weighted by Gasteiger charge is -2.12. The maximum Gasteiger partial charge on any atom is 0.346 e. The standard InChI is InChI=1S/C18H17ClN2O6/c1-25-13-8-5-9-14(26-2)16(13)18(24)27-10-15(22)20-21-17(23)11-6-3-4-7-12(11)19/h3-9H,10H2,1-2H3,(H,20,22)(H,21,23). The summed E-state index contributed by atoms with van der Waals surface area (Å²) in [6.45, 7) is -0.622. The molecule has 142 valence electrons. The van der Waals surface area contributed by atoms with Gasteiger partial charge < -0.3 is 14.2 Å². The molecule has 0 saturated carbocycles. The van der Waals surface area contributed by atoms with Gasteiger partial charge in [-0.15, -0.1) is 0 Å². The van der Waals surface area contributed by atoms with Crippen molar-refractivity contribution in [1.29, 1.82) is 0 Å². The number of rotatable bonds is 6. The number of esters is 1. The molecule has 9 heteroatoms. The molecule has 0 aromatic heterocycles. The van der Waals surface area contributed by atoms with Gasteiger partial charge in [0.1, 0.15) is 17.1 Å². The topological polar surface area (TPSA) is 103 Å². The second-order valence-electron chi connectivity index (χ2n) is 5.10. The van der Waals surface area contributed by atoms with Crippen LogP contribution in [0.1, 0.15) is 20.7 Å². The van der Waals surface area contributed by atoms with Gasteiger partial charge in [0.2, 0.25) is 0 Å². The zero-order valence-electron chi connectivity index (χ0n) is 14.6. The first-order valence-corrected chi connectivity index (χ1v) is 8.07. The van der Waals surface area contributed by atoms with Gasteiger partial charge in [0.05, 0.1) is 24.8 Å². The van der Waals surface area contributed by atoms with E-state index in [1.165, 1.54) is 20.3 Å². The molecule has 2 aromatic carbocycles. The van der Waals surface area contributed by atoms with E-state index in [-0.39, 0.29) is 27.6 Å². The average Bonchev–Trinajstić information content (AvgIpc) is 2.69. The summed E-state index contributed by atoms with van der Waals surface area (Å²) < 4.78 is 15.2. The average molecular weight is 393 g/mol. The smallest absolute Gasteiger partial charge is 0.346 e. The Morgan fingerprint density at radius 2 is 1.56 bits per heavy atom. The molecule has 0 heterocycles. The number of hydrazine groups is 1. The van der Waals surface area contributed by atoms with E-state index < -0.39 is 24.4 Å². The second-order valence-corrected chi connectivity index (χ2v) is 5.50. The van der Waals surface area contributed by atoms with Gasteiger partial charge in [-0.25, -0.2) is 4.79 Å². The van der Waals surface area contributed by atoms with Gasteiger partial charge in [-0.3, -0.25) is 20.4 Å². The molecular weight excluding hydrogens is 376 g/mol. The minimum absolute atomic E-state index is 0.0513. The monoisotopic (exact) mass is 392 g/mol. The second kappa shape index (κ2) is 9.44. The van der Waals surface area contributed by atoms with Crippen LogP contribution in [-0.4, -0.2) is 38.6 Å². The fraction of sp³-hybridized carbons (Fsp3) is 0.167. The highest BCUT2D eigenvalue weighted by molar-refractivity contribution is 6.33. The number of nitrogens with one attached hydrogen (secondary N) is 2. The Hall–Kier alpha value is -3.26. The molecule has 8 nitrogen and oxygen atoms in total. The normalized spacial score (nSPS) is 9.89. The number of hydrogen-bond acceptors (Lipinski definition) is 6. The molecule has 0 radical (unpaired) electrons. The number of halogens is 1. The Kier molecular flexibility index (Phi) is 7.01. The molecule has 0 atom stereocenters. The summed E-state index contributed by atoms with van der Waals surface area (Å²) in [4.78, 5) is 36.0. The predicted molar refractivity (Wildman–Crippen MR) is 96.9 cm³/mol. The first-order chi connectivity index (χ1) is 13.0. The lowest BCUT2D eigenvalue weighted by Crippen LogP contribution is -2.43. The number of hydrogen-bond donors (Lipinski definition) is 2. The van der Waals surface area contributed by atoms with Crippen LogP contribution >= 0.6 is 11.6 Å². The highest BCUT2D eigenvalue weighted by atomic mass is 35.5. The van der Waals surface area contributed by atoms with Crippen LogP contribution < -0.4 is 20.3 Å². The Balaban J connectivity index is 1.92. The summed E-state index contributed by atoms with van der Waals surface area (Å²) in [7, 11) is 2.78. The van der Waals surface area contributed by atoms with E-state index in [9.17, 15) is 14.4 Å². The number of methoxy groups -OCH3 is 2. The Morgan fingerprint density at radius 3 is 2.15 bits per heavy atom. The molecule has 0 aliphatic rings. The number of benzene rings is 2. The Morgan fingerprint density at radius 1 is 0.926 bits per heavy atom. The number of carbonyl (C=O) groups is 3. The van der Waals surface area contributed by atoms with E-state index in [1.54, 1.807) is 36.4 Å². The highest BCUT2D eigenvalue weighted by Gasteiger charge is 2.20. The lowest BCUT2D eigenvalue weighted by atomic mass is 10.2. The molecule has 0 fully saturated rings. The van der Waals surface area contributed by atoms with Crippen LogP contribution in [0.15, 0.2) is 42.5 Å². The minimum atomic E-state index is -0.808. The number of ether oxygens (including phenoxy) is 3. The minimum Gasteiger partial charge on any atom is -0.496 e. The highest BCUT2D eigenvalue weighted by Crippen LogP contribution is 2.28. The Labute approximate surface area is 160 Å². The van der Waals surface area contributed by atoms with Gasteiger partial charge in [0.25, 0.3) is 11.8 Å². The number of carbonyl (C=O) groups excluding carboxylic acids is 3. The zero-order valence-corrected chi connectivity index (χ0v) is 15.3. The summed E-state index contributed by atoms with van der Waals surface area (Å²) >= 11 is 5.90. The van der Waals surface area contributed by atoms with E-state index in [1.807, 2.05) is 0 Å². The van der Waals surface area contributed by atoms with Crippen LogP contribution in [0.2, 0.25) is 5.02 Å². The summed E-state index contributed by atoms with van der Waals surface area (Å²) in [5.74, 6) is -1.67. The molecule has 0 spiro atoms. The molecule has 2 aromatic rings. The molecule has 0 aliphatic carbocycles. The zero-order chi connectivity index (χ0) is 19.8. The third-order valence-electron chi connectivity index (χ3n) is 3.40. The van der Waals surface area contributed by atoms with Crippen LogP contribution in [0.25, 0.3) is 0 Å². The van der Waals surface area contributed by atoms with Crippen molar-refractivity contribution in [2.24, 2.45) is 0 Å². The van der Waals surface area contributed by atoms with Crippen LogP contribution in [0.4, 0.5) is 0 Å². The molecule has 0 aliphatic heterocycles. The molecule has 0 unspecified atom stereocenters. The summed E-state index contributed by atoms with van der Waals surface area (Å²) in [6.07, 6.45) is 0. The van der Waals surface area contributed by atoms with Crippen molar-refractivity contribution in [2.45, 2.75) is 0 Å². The van der Waals surface area contributed by atoms with Crippen molar-refractivity contribution in [3.8, 4) is 11.5 Å². The SMILES string of the molecule is COc1cccc(OC)c1C(=O)OCC(=O)NNC(=O)c1ccccc1Cl. The first kappa shape index (κ1) is 20.1. The van der Waals surface area contributed by atoms with E-state index in [4.69, 9.17) is 25.8 Å². The van der Waals surface area contributed by atoms with Crippen molar-refractivity contribution in [3.05, 3.63) is 58.6 Å². The van der Waals surface area contributed by atoms with Crippen LogP contribution in [0, 0.1) is 0 Å². The lowest BCUT2D eigenvalue weighted by molar-refractivity contribution is -0.125. The molecule has 2 amide bonds. The first-order valence-electron chi connectivity index (χ1n) is 7.69. The van der Waals surface area contributed by atoms with Gasteiger partial charge in [0.15, 0.2) is 6.61 Å². The van der Waals surface area contributed by atoms with Crippen molar-refractivity contribution < 1.29 is 28.6 Å². The fourth-order valence-electron chi connectivity index (χ4n) is 2.13. The van der Waals surface area contributed by atoms with Gasteiger partial charge in [0, 0.05) is 0 Å². The predicted octanol–water partition coefficient (Wildman–Crippen LogP) is 1.98. The van der Waals surface area contributed by atoms with Gasteiger partial charge in [-0.05, 0) is 24.3 Å². The van der Waals surface area contributed by atoms with E-state index in [0.717, 1.165) is 0 Å². The van der Waals surface area contributed by atoms with Gasteiger partial charge >= 0.3 is 5.97 Å². The van der Waals surface area contributed by atoms with Crippen molar-refractivity contribution in [1.82, 2.24) is 10.9 Å². The quantitative estimate of drug-likeness (QED) is 0.575. The Bertz CT molecular complexity index is 833. The van der Waals surface area contributed by atoms with Gasteiger partial charge in [-0.2, -0.15) is 0 Å². The summed E-state index contributed by atoms with van der Waals surface area (Å²) in [6, 6.07) is 11.1. The largest absolute Gasteiger partial charge is 0.496 e. The van der Waals surface area contributed by atoms with E-state index in [2.05, 4.69) is 10.9 Å². The molecule has 0 saturated heterocycles. The molecule has 0 bridgehead atoms. The van der Waals surface area contributed by atoms with E-state index in [0.29, 0.717) is 0 Å². The third-order valence-corrected chi connectivity index (χ3v) is 3.73.